The summed E-state index contributed by atoms with van der Waals surface area (Å²) < 4.78 is 5.26. The lowest BCUT2D eigenvalue weighted by molar-refractivity contribution is -0.120. The molecule has 1 saturated heterocycles. The molecule has 5 heteroatoms. The number of hydrogen-bond acceptors (Lipinski definition) is 3. The molecule has 16 heavy (non-hydrogen) atoms. The van der Waals surface area contributed by atoms with Crippen LogP contribution in [0, 0.1) is 17.8 Å². The molecule has 0 radical (unpaired) electrons. The number of primary amides is 1. The van der Waals surface area contributed by atoms with Crippen LogP contribution in [-0.2, 0) is 9.53 Å². The minimum atomic E-state index is -0.465. The lowest BCUT2D eigenvalue weighted by Gasteiger charge is -2.25. The second kappa shape index (κ2) is 3.37. The van der Waals surface area contributed by atoms with Crippen LogP contribution in [0.25, 0.3) is 0 Å². The Morgan fingerprint density at radius 3 is 2.12 bits per heavy atom. The highest BCUT2D eigenvalue weighted by Crippen LogP contribution is 2.51. The Hall–Kier alpha value is -1.26. The molecule has 2 rings (SSSR count). The molecule has 0 aromatic rings. The van der Waals surface area contributed by atoms with Crippen molar-refractivity contribution in [1.29, 1.82) is 0 Å². The van der Waals surface area contributed by atoms with Crippen LogP contribution in [0.5, 0.6) is 0 Å². The summed E-state index contributed by atoms with van der Waals surface area (Å²) in [6.07, 6.45) is -0.289. The third kappa shape index (κ3) is 1.99. The SMILES string of the molecule is CC(C)(C)OC(=O)N1CC2C(C(N)=O)[C@@H]2C1. The van der Waals surface area contributed by atoms with E-state index in [0.717, 1.165) is 0 Å². The fourth-order valence-electron chi connectivity index (χ4n) is 2.42. The van der Waals surface area contributed by atoms with E-state index in [-0.39, 0.29) is 29.8 Å². The molecule has 2 unspecified atom stereocenters. The molecule has 3 atom stereocenters. The predicted molar refractivity (Wildman–Crippen MR) is 57.5 cm³/mol. The highest BCUT2D eigenvalue weighted by Gasteiger charge is 2.59. The largest absolute Gasteiger partial charge is 0.444 e. The maximum absolute atomic E-state index is 11.7. The van der Waals surface area contributed by atoms with E-state index in [1.807, 2.05) is 20.8 Å². The number of piperidine rings is 1. The number of nitrogens with two attached hydrogens (primary N) is 1. The summed E-state index contributed by atoms with van der Waals surface area (Å²) in [5.74, 6) is 0.285. The molecule has 5 nitrogen and oxygen atoms in total. The first kappa shape index (κ1) is 11.2. The number of ether oxygens (including phenoxy) is 1. The van der Waals surface area contributed by atoms with Gasteiger partial charge in [-0.1, -0.05) is 0 Å². The molecule has 0 spiro atoms. The van der Waals surface area contributed by atoms with Gasteiger partial charge in [0, 0.05) is 19.0 Å². The number of fused-ring (bicyclic) bond motifs is 1. The van der Waals surface area contributed by atoms with Crippen LogP contribution in [0.1, 0.15) is 20.8 Å². The molecule has 1 saturated carbocycles. The second-order valence-corrected chi connectivity index (χ2v) is 5.64. The minimum absolute atomic E-state index is 0.0151. The van der Waals surface area contributed by atoms with Gasteiger partial charge in [-0.2, -0.15) is 0 Å². The first-order chi connectivity index (χ1) is 7.29. The number of hydrogen-bond donors (Lipinski definition) is 1. The van der Waals surface area contributed by atoms with E-state index in [1.165, 1.54) is 0 Å². The molecule has 1 aliphatic carbocycles. The van der Waals surface area contributed by atoms with Gasteiger partial charge in [0.25, 0.3) is 0 Å². The topological polar surface area (TPSA) is 72.6 Å². The van der Waals surface area contributed by atoms with E-state index < -0.39 is 5.60 Å². The van der Waals surface area contributed by atoms with E-state index in [2.05, 4.69) is 0 Å². The summed E-state index contributed by atoms with van der Waals surface area (Å²) >= 11 is 0. The fraction of sp³-hybridized carbons (Fsp3) is 0.818. The normalized spacial score (nSPS) is 32.2. The van der Waals surface area contributed by atoms with Crippen molar-refractivity contribution in [3.05, 3.63) is 0 Å². The quantitative estimate of drug-likeness (QED) is 0.711. The molecule has 2 aliphatic rings. The molecule has 2 amide bonds. The summed E-state index contributed by atoms with van der Waals surface area (Å²) in [4.78, 5) is 24.3. The number of carbonyl (C=O) groups is 2. The lowest BCUT2D eigenvalue weighted by atomic mass is 10.2. The summed E-state index contributed by atoms with van der Waals surface area (Å²) in [5, 5.41) is 0. The average molecular weight is 226 g/mol. The third-order valence-electron chi connectivity index (χ3n) is 3.17. The number of carbonyl (C=O) groups excluding carboxylic acids is 2. The van der Waals surface area contributed by atoms with E-state index in [9.17, 15) is 9.59 Å². The maximum atomic E-state index is 11.7. The zero-order chi connectivity index (χ0) is 12.1. The van der Waals surface area contributed by atoms with Crippen LogP contribution in [-0.4, -0.2) is 35.6 Å². The van der Waals surface area contributed by atoms with Crippen molar-refractivity contribution in [2.45, 2.75) is 26.4 Å². The van der Waals surface area contributed by atoms with Crippen LogP contribution in [0.3, 0.4) is 0 Å². The number of rotatable bonds is 1. The van der Waals surface area contributed by atoms with Gasteiger partial charge in [-0.25, -0.2) is 4.79 Å². The number of likely N-dealkylation sites (tertiary alicyclic amines) is 1. The first-order valence-corrected chi connectivity index (χ1v) is 5.57. The van der Waals surface area contributed by atoms with Crippen LogP contribution >= 0.6 is 0 Å². The molecule has 0 bridgehead atoms. The zero-order valence-electron chi connectivity index (χ0n) is 9.90. The van der Waals surface area contributed by atoms with Crippen LogP contribution in [0.4, 0.5) is 4.79 Å². The Labute approximate surface area is 94.9 Å². The Bertz CT molecular complexity index is 323. The van der Waals surface area contributed by atoms with Gasteiger partial charge in [0.05, 0.1) is 0 Å². The van der Waals surface area contributed by atoms with E-state index in [1.54, 1.807) is 4.90 Å². The Morgan fingerprint density at radius 2 is 1.75 bits per heavy atom. The highest BCUT2D eigenvalue weighted by atomic mass is 16.6. The fourth-order valence-corrected chi connectivity index (χ4v) is 2.42. The molecular weight excluding hydrogens is 208 g/mol. The molecule has 1 heterocycles. The third-order valence-corrected chi connectivity index (χ3v) is 3.17. The minimum Gasteiger partial charge on any atom is -0.444 e. The van der Waals surface area contributed by atoms with E-state index in [0.29, 0.717) is 13.1 Å². The summed E-state index contributed by atoms with van der Waals surface area (Å²) in [7, 11) is 0. The molecule has 0 aromatic heterocycles. The van der Waals surface area contributed by atoms with Gasteiger partial charge >= 0.3 is 6.09 Å². The molecule has 2 N–H and O–H groups in total. The van der Waals surface area contributed by atoms with Gasteiger partial charge < -0.3 is 15.4 Å². The van der Waals surface area contributed by atoms with Gasteiger partial charge in [0.2, 0.25) is 5.91 Å². The summed E-state index contributed by atoms with van der Waals surface area (Å²) in [5.41, 5.74) is 4.77. The van der Waals surface area contributed by atoms with Gasteiger partial charge in [-0.3, -0.25) is 4.79 Å². The van der Waals surface area contributed by atoms with Crippen LogP contribution in [0.2, 0.25) is 0 Å². The van der Waals surface area contributed by atoms with E-state index >= 15 is 0 Å². The van der Waals surface area contributed by atoms with Crippen molar-refractivity contribution in [1.82, 2.24) is 4.90 Å². The van der Waals surface area contributed by atoms with Gasteiger partial charge in [0.1, 0.15) is 5.60 Å². The summed E-state index contributed by atoms with van der Waals surface area (Å²) in [6, 6.07) is 0. The zero-order valence-corrected chi connectivity index (χ0v) is 9.90. The van der Waals surface area contributed by atoms with Crippen LogP contribution < -0.4 is 5.73 Å². The Kier molecular flexibility index (Phi) is 2.36. The molecule has 0 aromatic carbocycles. The molecule has 2 fully saturated rings. The standard InChI is InChI=1S/C11H18N2O3/c1-11(2,3)16-10(15)13-4-6-7(5-13)8(6)9(12)14/h6-8H,4-5H2,1-3H3,(H2,12,14)/t6-,7?,8?/m1/s1. The van der Waals surface area contributed by atoms with Gasteiger partial charge in [-0.15, -0.1) is 0 Å². The monoisotopic (exact) mass is 226 g/mol. The van der Waals surface area contributed by atoms with E-state index in [4.69, 9.17) is 10.5 Å². The highest BCUT2D eigenvalue weighted by molar-refractivity contribution is 5.81. The van der Waals surface area contributed by atoms with Crippen molar-refractivity contribution in [3.8, 4) is 0 Å². The Morgan fingerprint density at radius 1 is 1.25 bits per heavy atom. The predicted octanol–water partition coefficient (Wildman–Crippen LogP) is 0.585. The Balaban J connectivity index is 1.85. The molecule has 1 aliphatic heterocycles. The smallest absolute Gasteiger partial charge is 0.410 e. The lowest BCUT2D eigenvalue weighted by Crippen LogP contribution is -2.38. The van der Waals surface area contributed by atoms with Gasteiger partial charge in [0.15, 0.2) is 0 Å². The van der Waals surface area contributed by atoms with Crippen molar-refractivity contribution in [2.75, 3.05) is 13.1 Å². The average Bonchev–Trinajstić information content (AvgIpc) is 2.60. The van der Waals surface area contributed by atoms with Crippen LogP contribution in [0.15, 0.2) is 0 Å². The van der Waals surface area contributed by atoms with Crippen molar-refractivity contribution < 1.29 is 14.3 Å². The first-order valence-electron chi connectivity index (χ1n) is 5.57. The van der Waals surface area contributed by atoms with Crippen molar-refractivity contribution >= 4 is 12.0 Å². The van der Waals surface area contributed by atoms with Crippen molar-refractivity contribution in [3.63, 3.8) is 0 Å². The molecular formula is C11H18N2O3. The van der Waals surface area contributed by atoms with Crippen molar-refractivity contribution in [2.24, 2.45) is 23.5 Å². The number of nitrogens with zero attached hydrogens (tertiary/aromatic N) is 1. The summed E-state index contributed by atoms with van der Waals surface area (Å²) in [6.45, 7) is 6.73. The maximum Gasteiger partial charge on any atom is 0.410 e. The van der Waals surface area contributed by atoms with Gasteiger partial charge in [-0.05, 0) is 32.6 Å². The molecule has 90 valence electrons. The second-order valence-electron chi connectivity index (χ2n) is 5.64. The number of amides is 2.